The highest BCUT2D eigenvalue weighted by Gasteiger charge is 2.14. The second-order valence-electron chi connectivity index (χ2n) is 4.53. The fourth-order valence-electron chi connectivity index (χ4n) is 1.93. The van der Waals surface area contributed by atoms with E-state index in [1.54, 1.807) is 13.0 Å². The predicted molar refractivity (Wildman–Crippen MR) is 79.5 cm³/mol. The summed E-state index contributed by atoms with van der Waals surface area (Å²) in [7, 11) is 0. The topological polar surface area (TPSA) is 49.3 Å². The molecule has 110 valence electrons. The van der Waals surface area contributed by atoms with Crippen LogP contribution < -0.4 is 5.32 Å². The summed E-state index contributed by atoms with van der Waals surface area (Å²) in [4.78, 5) is 10.9. The molecule has 2 aromatic carbocycles. The summed E-state index contributed by atoms with van der Waals surface area (Å²) in [6.45, 7) is 1.77. The van der Waals surface area contributed by atoms with E-state index in [2.05, 4.69) is 21.2 Å². The third kappa shape index (κ3) is 3.58. The number of nitrogens with one attached hydrogen (secondary N) is 1. The number of carbonyl (C=O) groups is 1. The summed E-state index contributed by atoms with van der Waals surface area (Å²) in [5.41, 5.74) is 0.805. The first kappa shape index (κ1) is 15.4. The summed E-state index contributed by atoms with van der Waals surface area (Å²) in [6, 6.07) is 7.39. The molecule has 6 heteroatoms. The van der Waals surface area contributed by atoms with E-state index in [9.17, 15) is 13.6 Å². The van der Waals surface area contributed by atoms with Gasteiger partial charge in [0, 0.05) is 10.5 Å². The molecule has 0 heterocycles. The number of carboxylic acids is 1. The summed E-state index contributed by atoms with van der Waals surface area (Å²) in [6.07, 6.45) is 0. The molecule has 2 rings (SSSR count). The monoisotopic (exact) mass is 355 g/mol. The van der Waals surface area contributed by atoms with Crippen LogP contribution in [-0.4, -0.2) is 11.1 Å². The Hall–Kier alpha value is -1.95. The molecule has 21 heavy (non-hydrogen) atoms. The largest absolute Gasteiger partial charge is 0.478 e. The molecule has 0 amide bonds. The lowest BCUT2D eigenvalue weighted by Gasteiger charge is -2.18. The first-order valence-corrected chi connectivity index (χ1v) is 6.92. The minimum absolute atomic E-state index is 0.00993. The van der Waals surface area contributed by atoms with Crippen LogP contribution in [0.2, 0.25) is 0 Å². The molecule has 2 aromatic rings. The highest BCUT2D eigenvalue weighted by Crippen LogP contribution is 2.28. The smallest absolute Gasteiger partial charge is 0.335 e. The lowest BCUT2D eigenvalue weighted by molar-refractivity contribution is 0.0697. The van der Waals surface area contributed by atoms with Gasteiger partial charge in [0.2, 0.25) is 0 Å². The van der Waals surface area contributed by atoms with Gasteiger partial charge in [0.05, 0.1) is 11.3 Å². The summed E-state index contributed by atoms with van der Waals surface area (Å²) >= 11 is 3.25. The van der Waals surface area contributed by atoms with Gasteiger partial charge < -0.3 is 10.4 Å². The van der Waals surface area contributed by atoms with Crippen LogP contribution in [0.4, 0.5) is 14.5 Å². The van der Waals surface area contributed by atoms with E-state index < -0.39 is 11.8 Å². The average Bonchev–Trinajstić information content (AvgIpc) is 2.40. The van der Waals surface area contributed by atoms with Crippen LogP contribution in [0.25, 0.3) is 0 Å². The van der Waals surface area contributed by atoms with E-state index in [0.29, 0.717) is 4.47 Å². The molecule has 3 nitrogen and oxygen atoms in total. The van der Waals surface area contributed by atoms with Gasteiger partial charge in [-0.2, -0.15) is 0 Å². The van der Waals surface area contributed by atoms with Crippen molar-refractivity contribution in [3.63, 3.8) is 0 Å². The van der Waals surface area contributed by atoms with Gasteiger partial charge in [-0.15, -0.1) is 0 Å². The maximum atomic E-state index is 13.7. The van der Waals surface area contributed by atoms with Crippen LogP contribution in [0.3, 0.4) is 0 Å². The number of hydrogen-bond donors (Lipinski definition) is 2. The molecule has 0 aliphatic carbocycles. The molecule has 2 N–H and O–H groups in total. The molecular weight excluding hydrogens is 344 g/mol. The van der Waals surface area contributed by atoms with Crippen molar-refractivity contribution in [3.8, 4) is 0 Å². The Morgan fingerprint density at radius 3 is 2.57 bits per heavy atom. The number of benzene rings is 2. The average molecular weight is 356 g/mol. The van der Waals surface area contributed by atoms with E-state index in [4.69, 9.17) is 5.11 Å². The van der Waals surface area contributed by atoms with Crippen molar-refractivity contribution in [3.05, 3.63) is 63.6 Å². The maximum absolute atomic E-state index is 13.7. The van der Waals surface area contributed by atoms with Crippen molar-refractivity contribution in [2.24, 2.45) is 0 Å². The van der Waals surface area contributed by atoms with Crippen molar-refractivity contribution in [1.82, 2.24) is 0 Å². The van der Waals surface area contributed by atoms with E-state index in [1.807, 2.05) is 0 Å². The summed E-state index contributed by atoms with van der Waals surface area (Å²) in [5, 5.41) is 11.8. The number of halogens is 3. The number of aromatic carboxylic acids is 1. The van der Waals surface area contributed by atoms with Gasteiger partial charge in [-0.25, -0.2) is 13.6 Å². The van der Waals surface area contributed by atoms with Crippen LogP contribution in [-0.2, 0) is 0 Å². The Balaban J connectivity index is 2.28. The molecular formula is C15H12BrF2NO2. The predicted octanol–water partition coefficient (Wildman–Crippen LogP) is 4.60. The highest BCUT2D eigenvalue weighted by atomic mass is 79.9. The zero-order valence-corrected chi connectivity index (χ0v) is 12.6. The van der Waals surface area contributed by atoms with E-state index in [1.165, 1.54) is 24.3 Å². The number of anilines is 1. The third-order valence-corrected chi connectivity index (χ3v) is 3.70. The maximum Gasteiger partial charge on any atom is 0.335 e. The normalized spacial score (nSPS) is 12.0. The van der Waals surface area contributed by atoms with Gasteiger partial charge in [-0.05, 0) is 42.8 Å². The fourth-order valence-corrected chi connectivity index (χ4v) is 2.63. The molecule has 0 saturated carbocycles. The van der Waals surface area contributed by atoms with Crippen LogP contribution in [0.5, 0.6) is 0 Å². The first-order valence-electron chi connectivity index (χ1n) is 6.13. The molecule has 1 atom stereocenters. The minimum Gasteiger partial charge on any atom is -0.478 e. The standard InChI is InChI=1S/C15H12BrF2NO2/c1-8(11-4-3-10(17)7-12(11)16)19-14-6-9(15(20)21)2-5-13(14)18/h2-8,19H,1H3,(H,20,21). The highest BCUT2D eigenvalue weighted by molar-refractivity contribution is 9.10. The first-order chi connectivity index (χ1) is 9.88. The molecule has 0 saturated heterocycles. The molecule has 0 aliphatic heterocycles. The molecule has 0 aromatic heterocycles. The van der Waals surface area contributed by atoms with Crippen molar-refractivity contribution >= 4 is 27.6 Å². The Bertz CT molecular complexity index is 691. The molecule has 1 unspecified atom stereocenters. The summed E-state index contributed by atoms with van der Waals surface area (Å²) in [5.74, 6) is -2.06. The van der Waals surface area contributed by atoms with Crippen LogP contribution in [0.15, 0.2) is 40.9 Å². The molecule has 0 aliphatic rings. The van der Waals surface area contributed by atoms with Crippen LogP contribution in [0.1, 0.15) is 28.9 Å². The Kier molecular flexibility index (Phi) is 4.57. The Morgan fingerprint density at radius 1 is 1.24 bits per heavy atom. The second kappa shape index (κ2) is 6.22. The SMILES string of the molecule is CC(Nc1cc(C(=O)O)ccc1F)c1ccc(F)cc1Br. The van der Waals surface area contributed by atoms with Crippen molar-refractivity contribution < 1.29 is 18.7 Å². The molecule has 0 spiro atoms. The minimum atomic E-state index is -1.13. The van der Waals surface area contributed by atoms with Gasteiger partial charge in [0.25, 0.3) is 0 Å². The lowest BCUT2D eigenvalue weighted by atomic mass is 10.1. The Labute approximate surface area is 128 Å². The van der Waals surface area contributed by atoms with Crippen molar-refractivity contribution in [2.45, 2.75) is 13.0 Å². The zero-order chi connectivity index (χ0) is 15.6. The quantitative estimate of drug-likeness (QED) is 0.842. The number of rotatable bonds is 4. The van der Waals surface area contributed by atoms with Gasteiger partial charge in [-0.3, -0.25) is 0 Å². The Morgan fingerprint density at radius 2 is 1.95 bits per heavy atom. The zero-order valence-electron chi connectivity index (χ0n) is 11.0. The van der Waals surface area contributed by atoms with E-state index in [0.717, 1.165) is 11.6 Å². The van der Waals surface area contributed by atoms with Gasteiger partial charge in [-0.1, -0.05) is 22.0 Å². The molecule has 0 bridgehead atoms. The van der Waals surface area contributed by atoms with Gasteiger partial charge in [0.1, 0.15) is 11.6 Å². The van der Waals surface area contributed by atoms with Gasteiger partial charge in [0.15, 0.2) is 0 Å². The van der Waals surface area contributed by atoms with E-state index >= 15 is 0 Å². The lowest BCUT2D eigenvalue weighted by Crippen LogP contribution is -2.10. The van der Waals surface area contributed by atoms with Gasteiger partial charge >= 0.3 is 5.97 Å². The van der Waals surface area contributed by atoms with Crippen LogP contribution in [0, 0.1) is 11.6 Å². The fraction of sp³-hybridized carbons (Fsp3) is 0.133. The van der Waals surface area contributed by atoms with Crippen LogP contribution >= 0.6 is 15.9 Å². The van der Waals surface area contributed by atoms with Crippen molar-refractivity contribution in [1.29, 1.82) is 0 Å². The third-order valence-electron chi connectivity index (χ3n) is 3.01. The number of carboxylic acid groups (broad SMARTS) is 1. The van der Waals surface area contributed by atoms with Crippen molar-refractivity contribution in [2.75, 3.05) is 5.32 Å². The van der Waals surface area contributed by atoms with E-state index in [-0.39, 0.29) is 23.1 Å². The summed E-state index contributed by atoms with van der Waals surface area (Å²) < 4.78 is 27.4. The molecule has 0 fully saturated rings. The number of hydrogen-bond acceptors (Lipinski definition) is 2. The second-order valence-corrected chi connectivity index (χ2v) is 5.39. The molecule has 0 radical (unpaired) electrons.